The van der Waals surface area contributed by atoms with Gasteiger partial charge in [0.25, 0.3) is 5.91 Å². The summed E-state index contributed by atoms with van der Waals surface area (Å²) in [5, 5.41) is 0. The van der Waals surface area contributed by atoms with Gasteiger partial charge in [0.05, 0.1) is 11.9 Å². The standard InChI is InChI=1S/C11H12BrFN2O/c1-7-4-8(12)5-9(13)10(7)11(16)14-6-15(2)3/h4-6H,1-3H3/b14-6+. The van der Waals surface area contributed by atoms with Crippen LogP contribution in [0.15, 0.2) is 21.6 Å². The van der Waals surface area contributed by atoms with Crippen molar-refractivity contribution in [1.29, 1.82) is 0 Å². The molecule has 1 aromatic carbocycles. The molecule has 0 aliphatic carbocycles. The number of halogens is 2. The number of aryl methyl sites for hydroxylation is 1. The molecule has 0 saturated heterocycles. The van der Waals surface area contributed by atoms with E-state index in [1.807, 2.05) is 0 Å². The predicted molar refractivity (Wildman–Crippen MR) is 65.3 cm³/mol. The smallest absolute Gasteiger partial charge is 0.281 e. The minimum absolute atomic E-state index is 0.0151. The number of nitrogens with zero attached hydrogens (tertiary/aromatic N) is 2. The maximum absolute atomic E-state index is 13.5. The molecular weight excluding hydrogens is 275 g/mol. The van der Waals surface area contributed by atoms with Crippen LogP contribution in [0.25, 0.3) is 0 Å². The predicted octanol–water partition coefficient (Wildman–Crippen LogP) is 2.63. The van der Waals surface area contributed by atoms with Gasteiger partial charge in [-0.05, 0) is 24.6 Å². The van der Waals surface area contributed by atoms with Crippen LogP contribution in [0.4, 0.5) is 4.39 Å². The van der Waals surface area contributed by atoms with Crippen LogP contribution < -0.4 is 0 Å². The molecule has 1 aromatic rings. The third-order valence-corrected chi connectivity index (χ3v) is 2.33. The zero-order valence-corrected chi connectivity index (χ0v) is 10.9. The fourth-order valence-electron chi connectivity index (χ4n) is 1.21. The normalized spacial score (nSPS) is 10.8. The van der Waals surface area contributed by atoms with E-state index in [-0.39, 0.29) is 5.56 Å². The quantitative estimate of drug-likeness (QED) is 0.618. The summed E-state index contributed by atoms with van der Waals surface area (Å²) >= 11 is 3.16. The summed E-state index contributed by atoms with van der Waals surface area (Å²) in [6.07, 6.45) is 1.35. The van der Waals surface area contributed by atoms with Gasteiger partial charge in [-0.25, -0.2) is 4.39 Å². The number of rotatable bonds is 2. The molecular formula is C11H12BrFN2O. The third-order valence-electron chi connectivity index (χ3n) is 1.87. The molecule has 0 aromatic heterocycles. The maximum Gasteiger partial charge on any atom is 0.281 e. The Morgan fingerprint density at radius 3 is 2.62 bits per heavy atom. The number of carbonyl (C=O) groups excluding carboxylic acids is 1. The van der Waals surface area contributed by atoms with Gasteiger partial charge in [0.1, 0.15) is 5.82 Å². The van der Waals surface area contributed by atoms with Gasteiger partial charge in [-0.3, -0.25) is 4.79 Å². The molecule has 0 aliphatic heterocycles. The molecule has 0 spiro atoms. The van der Waals surface area contributed by atoms with Crippen LogP contribution in [-0.2, 0) is 0 Å². The Labute approximate surface area is 102 Å². The van der Waals surface area contributed by atoms with Crippen LogP contribution in [0.5, 0.6) is 0 Å². The second-order valence-electron chi connectivity index (χ2n) is 3.59. The van der Waals surface area contributed by atoms with Crippen LogP contribution in [-0.4, -0.2) is 31.2 Å². The molecule has 0 atom stereocenters. The summed E-state index contributed by atoms with van der Waals surface area (Å²) in [4.78, 5) is 16.9. The van der Waals surface area contributed by atoms with Crippen molar-refractivity contribution in [3.8, 4) is 0 Å². The molecule has 0 fully saturated rings. The van der Waals surface area contributed by atoms with Crippen molar-refractivity contribution in [3.63, 3.8) is 0 Å². The van der Waals surface area contributed by atoms with E-state index in [9.17, 15) is 9.18 Å². The lowest BCUT2D eigenvalue weighted by molar-refractivity contribution is 0.0998. The number of hydrogen-bond donors (Lipinski definition) is 0. The Morgan fingerprint density at radius 1 is 1.50 bits per heavy atom. The Hall–Kier alpha value is -1.23. The van der Waals surface area contributed by atoms with Gasteiger partial charge in [0.15, 0.2) is 0 Å². The summed E-state index contributed by atoms with van der Waals surface area (Å²) in [5.74, 6) is -1.14. The first-order valence-electron chi connectivity index (χ1n) is 4.62. The Morgan fingerprint density at radius 2 is 2.12 bits per heavy atom. The molecule has 0 radical (unpaired) electrons. The number of amides is 1. The van der Waals surface area contributed by atoms with Crippen molar-refractivity contribution in [3.05, 3.63) is 33.5 Å². The first-order chi connectivity index (χ1) is 7.41. The van der Waals surface area contributed by atoms with Crippen molar-refractivity contribution in [2.24, 2.45) is 4.99 Å². The first kappa shape index (κ1) is 12.8. The lowest BCUT2D eigenvalue weighted by Crippen LogP contribution is -2.11. The Bertz CT molecular complexity index is 421. The Kier molecular flexibility index (Phi) is 4.18. The van der Waals surface area contributed by atoms with Crippen molar-refractivity contribution in [2.75, 3.05) is 14.1 Å². The summed E-state index contributed by atoms with van der Waals surface area (Å²) in [6, 6.07) is 2.94. The minimum Gasteiger partial charge on any atom is -0.369 e. The fraction of sp³-hybridized carbons (Fsp3) is 0.273. The van der Waals surface area contributed by atoms with Crippen molar-refractivity contribution >= 4 is 28.2 Å². The van der Waals surface area contributed by atoms with E-state index in [0.717, 1.165) is 0 Å². The Balaban J connectivity index is 3.09. The molecule has 0 heterocycles. The maximum atomic E-state index is 13.5. The van der Waals surface area contributed by atoms with Crippen LogP contribution in [0, 0.1) is 12.7 Å². The first-order valence-corrected chi connectivity index (χ1v) is 5.41. The highest BCUT2D eigenvalue weighted by Gasteiger charge is 2.14. The molecule has 0 N–H and O–H groups in total. The number of aliphatic imine (C=N–C) groups is 1. The van der Waals surface area contributed by atoms with E-state index in [4.69, 9.17) is 0 Å². The van der Waals surface area contributed by atoms with E-state index < -0.39 is 11.7 Å². The third kappa shape index (κ3) is 3.13. The largest absolute Gasteiger partial charge is 0.369 e. The fourth-order valence-corrected chi connectivity index (χ4v) is 1.75. The van der Waals surface area contributed by atoms with Gasteiger partial charge in [0.2, 0.25) is 0 Å². The molecule has 16 heavy (non-hydrogen) atoms. The second kappa shape index (κ2) is 5.21. The van der Waals surface area contributed by atoms with E-state index in [0.29, 0.717) is 10.0 Å². The molecule has 1 rings (SSSR count). The van der Waals surface area contributed by atoms with Crippen molar-refractivity contribution in [2.45, 2.75) is 6.92 Å². The number of carbonyl (C=O) groups is 1. The van der Waals surface area contributed by atoms with Gasteiger partial charge >= 0.3 is 0 Å². The monoisotopic (exact) mass is 286 g/mol. The average molecular weight is 287 g/mol. The molecule has 0 unspecified atom stereocenters. The van der Waals surface area contributed by atoms with Crippen molar-refractivity contribution < 1.29 is 9.18 Å². The van der Waals surface area contributed by atoms with Gasteiger partial charge < -0.3 is 4.90 Å². The SMILES string of the molecule is Cc1cc(Br)cc(F)c1C(=O)/N=C/N(C)C. The molecule has 0 saturated carbocycles. The molecule has 0 bridgehead atoms. The van der Waals surface area contributed by atoms with Gasteiger partial charge in [-0.15, -0.1) is 0 Å². The van der Waals surface area contributed by atoms with E-state index in [1.54, 1.807) is 32.0 Å². The summed E-state index contributed by atoms with van der Waals surface area (Å²) in [6.45, 7) is 1.67. The molecule has 86 valence electrons. The number of benzene rings is 1. The summed E-state index contributed by atoms with van der Waals surface area (Å²) < 4.78 is 14.2. The topological polar surface area (TPSA) is 32.7 Å². The van der Waals surface area contributed by atoms with Gasteiger partial charge in [-0.1, -0.05) is 15.9 Å². The highest BCUT2D eigenvalue weighted by Crippen LogP contribution is 2.20. The van der Waals surface area contributed by atoms with E-state index >= 15 is 0 Å². The molecule has 0 aliphatic rings. The van der Waals surface area contributed by atoms with Crippen LogP contribution >= 0.6 is 15.9 Å². The summed E-state index contributed by atoms with van der Waals surface area (Å²) in [7, 11) is 3.48. The molecule has 1 amide bonds. The lowest BCUT2D eigenvalue weighted by Gasteiger charge is -2.05. The molecule has 3 nitrogen and oxygen atoms in total. The average Bonchev–Trinajstić information content (AvgIpc) is 2.12. The van der Waals surface area contributed by atoms with Gasteiger partial charge in [0, 0.05) is 18.6 Å². The van der Waals surface area contributed by atoms with E-state index in [1.165, 1.54) is 12.4 Å². The molecule has 5 heteroatoms. The van der Waals surface area contributed by atoms with E-state index in [2.05, 4.69) is 20.9 Å². The second-order valence-corrected chi connectivity index (χ2v) is 4.51. The zero-order valence-electron chi connectivity index (χ0n) is 9.29. The van der Waals surface area contributed by atoms with Crippen LogP contribution in [0.1, 0.15) is 15.9 Å². The number of hydrogen-bond acceptors (Lipinski definition) is 1. The van der Waals surface area contributed by atoms with Crippen molar-refractivity contribution in [1.82, 2.24) is 4.90 Å². The lowest BCUT2D eigenvalue weighted by atomic mass is 10.1. The minimum atomic E-state index is -0.573. The van der Waals surface area contributed by atoms with Crippen LogP contribution in [0.2, 0.25) is 0 Å². The van der Waals surface area contributed by atoms with Crippen LogP contribution in [0.3, 0.4) is 0 Å². The zero-order chi connectivity index (χ0) is 12.3. The summed E-state index contributed by atoms with van der Waals surface area (Å²) in [5.41, 5.74) is 0.578. The highest BCUT2D eigenvalue weighted by atomic mass is 79.9. The van der Waals surface area contributed by atoms with Gasteiger partial charge in [-0.2, -0.15) is 4.99 Å². The highest BCUT2D eigenvalue weighted by molar-refractivity contribution is 9.10.